The minimum Gasteiger partial charge on any atom is -0.468 e. The van der Waals surface area contributed by atoms with E-state index in [1.807, 2.05) is 31.2 Å². The molecule has 19 heavy (non-hydrogen) atoms. The van der Waals surface area contributed by atoms with Gasteiger partial charge in [0.25, 0.3) is 0 Å². The lowest BCUT2D eigenvalue weighted by Gasteiger charge is -2.19. The van der Waals surface area contributed by atoms with Gasteiger partial charge in [0.15, 0.2) is 0 Å². The zero-order chi connectivity index (χ0) is 14.3. The van der Waals surface area contributed by atoms with Gasteiger partial charge in [0.05, 0.1) is 7.11 Å². The molecule has 0 heterocycles. The molecule has 0 aliphatic rings. The molecule has 0 spiro atoms. The third-order valence-corrected chi connectivity index (χ3v) is 3.29. The van der Waals surface area contributed by atoms with Crippen molar-refractivity contribution in [3.8, 4) is 0 Å². The van der Waals surface area contributed by atoms with E-state index < -0.39 is 5.97 Å². The Morgan fingerprint density at radius 3 is 2.68 bits per heavy atom. The summed E-state index contributed by atoms with van der Waals surface area (Å²) in [5, 5.41) is 0. The van der Waals surface area contributed by atoms with Crippen molar-refractivity contribution >= 4 is 27.8 Å². The number of rotatable bonds is 6. The molecule has 0 atom stereocenters. The van der Waals surface area contributed by atoms with Crippen LogP contribution in [0.3, 0.4) is 0 Å². The number of hydrogen-bond acceptors (Lipinski definition) is 3. The highest BCUT2D eigenvalue weighted by molar-refractivity contribution is 9.10. The quantitative estimate of drug-likeness (QED) is 0.754. The number of aryl methyl sites for hydroxylation is 1. The Hall–Kier alpha value is -1.36. The van der Waals surface area contributed by atoms with Crippen molar-refractivity contribution < 1.29 is 14.3 Å². The summed E-state index contributed by atoms with van der Waals surface area (Å²) in [7, 11) is 1.32. The van der Waals surface area contributed by atoms with Crippen LogP contribution in [-0.4, -0.2) is 37.0 Å². The van der Waals surface area contributed by atoms with E-state index in [0.717, 1.165) is 10.0 Å². The molecule has 0 bridgehead atoms. The maximum Gasteiger partial charge on any atom is 0.325 e. The van der Waals surface area contributed by atoms with Crippen molar-refractivity contribution in [3.63, 3.8) is 0 Å². The molecule has 0 aliphatic heterocycles. The molecule has 0 saturated carbocycles. The van der Waals surface area contributed by atoms with E-state index >= 15 is 0 Å². The second-order valence-electron chi connectivity index (χ2n) is 4.11. The van der Waals surface area contributed by atoms with E-state index in [-0.39, 0.29) is 12.5 Å². The number of likely N-dealkylation sites (N-methyl/N-ethyl adjacent to an activating group) is 1. The molecule has 0 aliphatic carbocycles. The van der Waals surface area contributed by atoms with Gasteiger partial charge in [-0.25, -0.2) is 0 Å². The lowest BCUT2D eigenvalue weighted by Crippen LogP contribution is -2.36. The number of carbonyl (C=O) groups is 2. The van der Waals surface area contributed by atoms with Gasteiger partial charge in [-0.05, 0) is 31.0 Å². The van der Waals surface area contributed by atoms with Crippen LogP contribution < -0.4 is 0 Å². The molecule has 1 aromatic carbocycles. The van der Waals surface area contributed by atoms with Crippen LogP contribution in [0.25, 0.3) is 0 Å². The Kier molecular flexibility index (Phi) is 6.56. The zero-order valence-corrected chi connectivity index (χ0v) is 12.8. The summed E-state index contributed by atoms with van der Waals surface area (Å²) in [5.74, 6) is -0.425. The Morgan fingerprint density at radius 2 is 2.11 bits per heavy atom. The van der Waals surface area contributed by atoms with Gasteiger partial charge in [0, 0.05) is 17.4 Å². The highest BCUT2D eigenvalue weighted by Crippen LogP contribution is 2.13. The van der Waals surface area contributed by atoms with Crippen LogP contribution in [0, 0.1) is 0 Å². The number of ether oxygens (including phenoxy) is 1. The fourth-order valence-corrected chi connectivity index (χ4v) is 2.15. The first-order valence-electron chi connectivity index (χ1n) is 6.15. The number of amides is 1. The third-order valence-electron chi connectivity index (χ3n) is 2.80. The van der Waals surface area contributed by atoms with Gasteiger partial charge < -0.3 is 9.64 Å². The monoisotopic (exact) mass is 327 g/mol. The molecule has 0 N–H and O–H groups in total. The fraction of sp³-hybridized carbons (Fsp3) is 0.429. The maximum atomic E-state index is 12.0. The van der Waals surface area contributed by atoms with Gasteiger partial charge in [0.2, 0.25) is 5.91 Å². The number of carbonyl (C=O) groups excluding carboxylic acids is 2. The molecule has 1 aromatic rings. The van der Waals surface area contributed by atoms with Crippen molar-refractivity contribution in [1.82, 2.24) is 4.90 Å². The summed E-state index contributed by atoms with van der Waals surface area (Å²) in [6.07, 6.45) is 1.05. The average Bonchev–Trinajstić information content (AvgIpc) is 2.41. The highest BCUT2D eigenvalue weighted by Gasteiger charge is 2.15. The second kappa shape index (κ2) is 7.94. The first-order valence-corrected chi connectivity index (χ1v) is 6.95. The number of nitrogens with zero attached hydrogens (tertiary/aromatic N) is 1. The van der Waals surface area contributed by atoms with Crippen molar-refractivity contribution in [2.45, 2.75) is 19.8 Å². The topological polar surface area (TPSA) is 46.6 Å². The Bertz CT molecular complexity index is 448. The molecule has 0 saturated heterocycles. The summed E-state index contributed by atoms with van der Waals surface area (Å²) in [6.45, 7) is 2.37. The number of methoxy groups -OCH3 is 1. The minimum absolute atomic E-state index is 0.0182. The van der Waals surface area contributed by atoms with E-state index in [1.54, 1.807) is 0 Å². The molecule has 1 amide bonds. The zero-order valence-electron chi connectivity index (χ0n) is 11.2. The van der Waals surface area contributed by atoms with Crippen molar-refractivity contribution in [1.29, 1.82) is 0 Å². The van der Waals surface area contributed by atoms with Crippen molar-refractivity contribution in [3.05, 3.63) is 34.3 Å². The molecule has 0 aromatic heterocycles. The van der Waals surface area contributed by atoms with Crippen molar-refractivity contribution in [2.75, 3.05) is 20.2 Å². The van der Waals surface area contributed by atoms with E-state index in [0.29, 0.717) is 19.4 Å². The Balaban J connectivity index is 2.51. The number of esters is 1. The summed E-state index contributed by atoms with van der Waals surface area (Å²) in [5.41, 5.74) is 1.09. The number of hydrogen-bond donors (Lipinski definition) is 0. The average molecular weight is 328 g/mol. The van der Waals surface area contributed by atoms with E-state index in [4.69, 9.17) is 0 Å². The molecule has 4 nitrogen and oxygen atoms in total. The van der Waals surface area contributed by atoms with Crippen LogP contribution in [-0.2, 0) is 20.7 Å². The summed E-state index contributed by atoms with van der Waals surface area (Å²) >= 11 is 3.40. The van der Waals surface area contributed by atoms with Gasteiger partial charge in [-0.2, -0.15) is 0 Å². The van der Waals surface area contributed by atoms with Gasteiger partial charge in [-0.15, -0.1) is 0 Å². The first-order chi connectivity index (χ1) is 9.06. The largest absolute Gasteiger partial charge is 0.468 e. The normalized spacial score (nSPS) is 10.1. The Labute approximate surface area is 121 Å². The summed E-state index contributed by atoms with van der Waals surface area (Å²) in [6, 6.07) is 7.86. The number of benzene rings is 1. The molecular formula is C14H18BrNO3. The SMILES string of the molecule is CCN(CC(=O)OC)C(=O)CCc1cccc(Br)c1. The predicted octanol–water partition coefficient (Wildman–Crippen LogP) is 2.40. The van der Waals surface area contributed by atoms with Gasteiger partial charge in [0.1, 0.15) is 6.54 Å². The van der Waals surface area contributed by atoms with Crippen LogP contribution in [0.15, 0.2) is 28.7 Å². The summed E-state index contributed by atoms with van der Waals surface area (Å²) in [4.78, 5) is 24.7. The standard InChI is InChI=1S/C14H18BrNO3/c1-3-16(10-14(18)19-2)13(17)8-7-11-5-4-6-12(15)9-11/h4-6,9H,3,7-8,10H2,1-2H3. The smallest absolute Gasteiger partial charge is 0.325 e. The molecule has 5 heteroatoms. The summed E-state index contributed by atoms with van der Waals surface area (Å²) < 4.78 is 5.57. The molecule has 0 radical (unpaired) electrons. The van der Waals surface area contributed by atoms with E-state index in [1.165, 1.54) is 12.0 Å². The van der Waals surface area contributed by atoms with Crippen LogP contribution >= 0.6 is 15.9 Å². The van der Waals surface area contributed by atoms with Gasteiger partial charge in [-0.3, -0.25) is 9.59 Å². The third kappa shape index (κ3) is 5.42. The highest BCUT2D eigenvalue weighted by atomic mass is 79.9. The van der Waals surface area contributed by atoms with E-state index in [2.05, 4.69) is 20.7 Å². The molecule has 104 valence electrons. The molecule has 1 rings (SSSR count). The maximum absolute atomic E-state index is 12.0. The fourth-order valence-electron chi connectivity index (χ4n) is 1.70. The van der Waals surface area contributed by atoms with Gasteiger partial charge >= 0.3 is 5.97 Å². The van der Waals surface area contributed by atoms with Gasteiger partial charge in [-0.1, -0.05) is 28.1 Å². The van der Waals surface area contributed by atoms with Crippen molar-refractivity contribution in [2.24, 2.45) is 0 Å². The lowest BCUT2D eigenvalue weighted by molar-refractivity contribution is -0.146. The predicted molar refractivity (Wildman–Crippen MR) is 76.7 cm³/mol. The second-order valence-corrected chi connectivity index (χ2v) is 5.03. The van der Waals surface area contributed by atoms with E-state index in [9.17, 15) is 9.59 Å². The number of halogens is 1. The first kappa shape index (κ1) is 15.7. The lowest BCUT2D eigenvalue weighted by atomic mass is 10.1. The van der Waals surface area contributed by atoms with Crippen LogP contribution in [0.2, 0.25) is 0 Å². The molecule has 0 fully saturated rings. The molecule has 0 unspecified atom stereocenters. The van der Waals surface area contributed by atoms with Crippen LogP contribution in [0.1, 0.15) is 18.9 Å². The minimum atomic E-state index is -0.391. The Morgan fingerprint density at radius 1 is 1.37 bits per heavy atom. The molecular weight excluding hydrogens is 310 g/mol. The van der Waals surface area contributed by atoms with Crippen LogP contribution in [0.4, 0.5) is 0 Å². The van der Waals surface area contributed by atoms with Crippen LogP contribution in [0.5, 0.6) is 0 Å².